The average Bonchev–Trinajstić information content (AvgIpc) is 2.47. The van der Waals surface area contributed by atoms with Crippen molar-refractivity contribution in [3.8, 4) is 5.75 Å². The van der Waals surface area contributed by atoms with Crippen LogP contribution in [0.3, 0.4) is 0 Å². The number of hydrogen-bond donors (Lipinski definition) is 2. The van der Waals surface area contributed by atoms with Crippen LogP contribution in [-0.2, 0) is 9.53 Å². The van der Waals surface area contributed by atoms with E-state index in [2.05, 4.69) is 5.32 Å². The van der Waals surface area contributed by atoms with Crippen LogP contribution >= 0.6 is 0 Å². The third-order valence-electron chi connectivity index (χ3n) is 3.63. The first-order chi connectivity index (χ1) is 10.2. The summed E-state index contributed by atoms with van der Waals surface area (Å²) in [6.07, 6.45) is 1.89. The number of hydrogen-bond acceptors (Lipinski definition) is 4. The van der Waals surface area contributed by atoms with Crippen molar-refractivity contribution in [3.63, 3.8) is 0 Å². The molecule has 0 bridgehead atoms. The lowest BCUT2D eigenvalue weighted by Crippen LogP contribution is -2.34. The van der Waals surface area contributed by atoms with Crippen LogP contribution in [0.4, 0.5) is 0 Å². The first-order valence-electron chi connectivity index (χ1n) is 7.38. The molecule has 0 fully saturated rings. The van der Waals surface area contributed by atoms with Crippen molar-refractivity contribution < 1.29 is 19.4 Å². The van der Waals surface area contributed by atoms with Crippen LogP contribution in [0.25, 0.3) is 0 Å². The van der Waals surface area contributed by atoms with Gasteiger partial charge < -0.3 is 19.9 Å². The van der Waals surface area contributed by atoms with Crippen molar-refractivity contribution in [3.05, 3.63) is 29.3 Å². The Morgan fingerprint density at radius 2 is 2.38 bits per heavy atom. The van der Waals surface area contributed by atoms with Crippen molar-refractivity contribution in [2.75, 3.05) is 20.3 Å². The van der Waals surface area contributed by atoms with Gasteiger partial charge in [0.15, 0.2) is 0 Å². The fourth-order valence-corrected chi connectivity index (χ4v) is 2.58. The second-order valence-electron chi connectivity index (χ2n) is 5.29. The Morgan fingerprint density at radius 1 is 1.57 bits per heavy atom. The SMILES string of the molecule is CCCC(O)c1ccc2c(c1)C(NC(=O)COC)CCO2. The van der Waals surface area contributed by atoms with Crippen LogP contribution < -0.4 is 10.1 Å². The second kappa shape index (κ2) is 7.43. The summed E-state index contributed by atoms with van der Waals surface area (Å²) in [5.74, 6) is 0.631. The van der Waals surface area contributed by atoms with E-state index in [0.29, 0.717) is 6.61 Å². The molecule has 2 N–H and O–H groups in total. The number of ether oxygens (including phenoxy) is 2. The molecule has 5 heteroatoms. The molecule has 21 heavy (non-hydrogen) atoms. The van der Waals surface area contributed by atoms with Crippen molar-refractivity contribution in [2.45, 2.75) is 38.3 Å². The third-order valence-corrected chi connectivity index (χ3v) is 3.63. The van der Waals surface area contributed by atoms with Gasteiger partial charge in [0, 0.05) is 19.1 Å². The molecule has 0 radical (unpaired) electrons. The van der Waals surface area contributed by atoms with E-state index in [4.69, 9.17) is 9.47 Å². The lowest BCUT2D eigenvalue weighted by atomic mass is 9.95. The first-order valence-corrected chi connectivity index (χ1v) is 7.38. The maximum atomic E-state index is 11.7. The number of aliphatic hydroxyl groups excluding tert-OH is 1. The standard InChI is InChI=1S/C16H23NO4/c1-3-4-14(18)11-5-6-15-12(9-11)13(7-8-21-15)17-16(19)10-20-2/h5-6,9,13-14,18H,3-4,7-8,10H2,1-2H3,(H,17,19). The van der Waals surface area contributed by atoms with Crippen molar-refractivity contribution in [1.29, 1.82) is 0 Å². The quantitative estimate of drug-likeness (QED) is 0.843. The molecule has 1 heterocycles. The number of fused-ring (bicyclic) bond motifs is 1. The van der Waals surface area contributed by atoms with Gasteiger partial charge in [-0.05, 0) is 24.1 Å². The fraction of sp³-hybridized carbons (Fsp3) is 0.562. The van der Waals surface area contributed by atoms with E-state index in [1.807, 2.05) is 25.1 Å². The molecule has 2 atom stereocenters. The van der Waals surface area contributed by atoms with Crippen LogP contribution in [0.1, 0.15) is 49.5 Å². The van der Waals surface area contributed by atoms with Crippen molar-refractivity contribution >= 4 is 5.91 Å². The third kappa shape index (κ3) is 3.95. The Bertz CT molecular complexity index is 489. The molecule has 0 aliphatic carbocycles. The van der Waals surface area contributed by atoms with Crippen molar-refractivity contribution in [1.82, 2.24) is 5.32 Å². The van der Waals surface area contributed by atoms with Gasteiger partial charge in [-0.3, -0.25) is 4.79 Å². The second-order valence-corrected chi connectivity index (χ2v) is 5.29. The van der Waals surface area contributed by atoms with Gasteiger partial charge in [-0.25, -0.2) is 0 Å². The number of amides is 1. The Kier molecular flexibility index (Phi) is 5.59. The molecule has 1 aromatic rings. The zero-order valence-corrected chi connectivity index (χ0v) is 12.6. The van der Waals surface area contributed by atoms with Gasteiger partial charge in [0.2, 0.25) is 5.91 Å². The summed E-state index contributed by atoms with van der Waals surface area (Å²) in [5.41, 5.74) is 1.80. The maximum Gasteiger partial charge on any atom is 0.246 e. The largest absolute Gasteiger partial charge is 0.493 e. The fourth-order valence-electron chi connectivity index (χ4n) is 2.58. The van der Waals surface area contributed by atoms with Gasteiger partial charge in [-0.15, -0.1) is 0 Å². The number of nitrogens with one attached hydrogen (secondary N) is 1. The molecule has 1 aromatic carbocycles. The Hall–Kier alpha value is -1.59. The number of methoxy groups -OCH3 is 1. The summed E-state index contributed by atoms with van der Waals surface area (Å²) in [4.78, 5) is 11.7. The Morgan fingerprint density at radius 3 is 3.10 bits per heavy atom. The lowest BCUT2D eigenvalue weighted by molar-refractivity contribution is -0.125. The number of aliphatic hydroxyl groups is 1. The van der Waals surface area contributed by atoms with Gasteiger partial charge in [-0.1, -0.05) is 19.4 Å². The summed E-state index contributed by atoms with van der Waals surface area (Å²) < 4.78 is 10.5. The molecule has 0 saturated carbocycles. The van der Waals surface area contributed by atoms with Gasteiger partial charge in [0.05, 0.1) is 18.8 Å². The van der Waals surface area contributed by atoms with E-state index in [1.54, 1.807) is 0 Å². The van der Waals surface area contributed by atoms with Crippen LogP contribution in [0.15, 0.2) is 18.2 Å². The molecule has 1 aliphatic heterocycles. The monoisotopic (exact) mass is 293 g/mol. The maximum absolute atomic E-state index is 11.7. The summed E-state index contributed by atoms with van der Waals surface area (Å²) in [6.45, 7) is 2.66. The highest BCUT2D eigenvalue weighted by Crippen LogP contribution is 2.34. The van der Waals surface area contributed by atoms with Crippen LogP contribution in [-0.4, -0.2) is 31.3 Å². The average molecular weight is 293 g/mol. The number of carbonyl (C=O) groups excluding carboxylic acids is 1. The molecule has 0 saturated heterocycles. The summed E-state index contributed by atoms with van der Waals surface area (Å²) in [6, 6.07) is 5.61. The van der Waals surface area contributed by atoms with E-state index in [-0.39, 0.29) is 18.6 Å². The van der Waals surface area contributed by atoms with Crippen LogP contribution in [0.2, 0.25) is 0 Å². The first kappa shape index (κ1) is 15.8. The van der Waals surface area contributed by atoms with Crippen molar-refractivity contribution in [2.24, 2.45) is 0 Å². The molecular weight excluding hydrogens is 270 g/mol. The zero-order chi connectivity index (χ0) is 15.2. The molecule has 0 spiro atoms. The highest BCUT2D eigenvalue weighted by molar-refractivity contribution is 5.77. The number of benzene rings is 1. The van der Waals surface area contributed by atoms with Crippen LogP contribution in [0.5, 0.6) is 5.75 Å². The molecule has 116 valence electrons. The highest BCUT2D eigenvalue weighted by Gasteiger charge is 2.24. The predicted octanol–water partition coefficient (Wildman–Crippen LogP) is 2.11. The number of rotatable bonds is 6. The predicted molar refractivity (Wildman–Crippen MR) is 79.2 cm³/mol. The lowest BCUT2D eigenvalue weighted by Gasteiger charge is -2.27. The molecule has 1 amide bonds. The van der Waals surface area contributed by atoms with Crippen LogP contribution in [0, 0.1) is 0 Å². The van der Waals surface area contributed by atoms with E-state index < -0.39 is 6.10 Å². The molecule has 5 nitrogen and oxygen atoms in total. The molecule has 1 aliphatic rings. The summed E-state index contributed by atoms with van der Waals surface area (Å²) in [5, 5.41) is 13.1. The Balaban J connectivity index is 2.19. The summed E-state index contributed by atoms with van der Waals surface area (Å²) in [7, 11) is 1.50. The van der Waals surface area contributed by atoms with Gasteiger partial charge in [0.25, 0.3) is 0 Å². The summed E-state index contributed by atoms with van der Waals surface area (Å²) >= 11 is 0. The van der Waals surface area contributed by atoms with E-state index in [1.165, 1.54) is 7.11 Å². The number of carbonyl (C=O) groups is 1. The topological polar surface area (TPSA) is 67.8 Å². The molecule has 0 aromatic heterocycles. The minimum Gasteiger partial charge on any atom is -0.493 e. The Labute approximate surface area is 125 Å². The van der Waals surface area contributed by atoms with E-state index >= 15 is 0 Å². The highest BCUT2D eigenvalue weighted by atomic mass is 16.5. The van der Waals surface area contributed by atoms with E-state index in [9.17, 15) is 9.90 Å². The molecule has 2 unspecified atom stereocenters. The minimum absolute atomic E-state index is 0.0465. The van der Waals surface area contributed by atoms with Gasteiger partial charge >= 0.3 is 0 Å². The smallest absolute Gasteiger partial charge is 0.246 e. The zero-order valence-electron chi connectivity index (χ0n) is 12.6. The molecular formula is C16H23NO4. The minimum atomic E-state index is -0.474. The van der Waals surface area contributed by atoms with Gasteiger partial charge in [-0.2, -0.15) is 0 Å². The van der Waals surface area contributed by atoms with Gasteiger partial charge in [0.1, 0.15) is 12.4 Å². The normalized spacial score (nSPS) is 18.5. The molecule has 2 rings (SSSR count). The van der Waals surface area contributed by atoms with E-state index in [0.717, 1.165) is 36.1 Å².